The predicted molar refractivity (Wildman–Crippen MR) is 227 cm³/mol. The minimum atomic E-state index is -0.364. The van der Waals surface area contributed by atoms with Crippen molar-refractivity contribution in [3.8, 4) is 0 Å². The van der Waals surface area contributed by atoms with Crippen molar-refractivity contribution < 1.29 is 29.6 Å². The van der Waals surface area contributed by atoms with Crippen LogP contribution in [0.2, 0.25) is 0 Å². The summed E-state index contributed by atoms with van der Waals surface area (Å²) in [6.07, 6.45) is 7.80. The topological polar surface area (TPSA) is 156 Å². The summed E-state index contributed by atoms with van der Waals surface area (Å²) in [7, 11) is 0. The molecule has 0 radical (unpaired) electrons. The van der Waals surface area contributed by atoms with E-state index in [2.05, 4.69) is 57.0 Å². The van der Waals surface area contributed by atoms with Crippen LogP contribution in [-0.2, 0) is 9.47 Å². The Morgan fingerprint density at radius 2 is 1.05 bits per heavy atom. The number of rotatable bonds is 20. The third-order valence-electron chi connectivity index (χ3n) is 8.88. The zero-order valence-corrected chi connectivity index (χ0v) is 33.3. The molecule has 4 rings (SSSR count). The monoisotopic (exact) mass is 760 g/mol. The maximum Gasteiger partial charge on any atom is 0.338 e. The molecule has 0 saturated carbocycles. The van der Waals surface area contributed by atoms with Crippen molar-refractivity contribution in [2.45, 2.75) is 111 Å². The van der Waals surface area contributed by atoms with Crippen LogP contribution in [0.15, 0.2) is 72.8 Å². The number of ether oxygens (including phenoxy) is 2. The quantitative estimate of drug-likeness (QED) is 0.0636. The number of esters is 2. The van der Waals surface area contributed by atoms with E-state index in [0.29, 0.717) is 46.3 Å². The number of amides is 1. The van der Waals surface area contributed by atoms with Gasteiger partial charge in [0.15, 0.2) is 0 Å². The lowest BCUT2D eigenvalue weighted by atomic mass is 10.0. The average molecular weight is 760 g/mol. The summed E-state index contributed by atoms with van der Waals surface area (Å²) in [5, 5.41) is 12.6. The van der Waals surface area contributed by atoms with Gasteiger partial charge in [-0.2, -0.15) is 15.0 Å². The van der Waals surface area contributed by atoms with E-state index < -0.39 is 0 Å². The second-order valence-corrected chi connectivity index (χ2v) is 14.7. The van der Waals surface area contributed by atoms with E-state index in [-0.39, 0.29) is 53.0 Å². The molecule has 3 aromatic carbocycles. The number of hydrogen-bond donors (Lipinski definition) is 4. The Bertz CT molecular complexity index is 1850. The highest BCUT2D eigenvalue weighted by Gasteiger charge is 2.17. The van der Waals surface area contributed by atoms with Crippen LogP contribution in [0.1, 0.15) is 137 Å². The molecule has 0 aliphatic rings. The predicted octanol–water partition coefficient (Wildman–Crippen LogP) is 11.1. The molecule has 0 aliphatic heterocycles. The number of unbranched alkanes of at least 4 members (excludes halogenated alkanes) is 2. The zero-order chi connectivity index (χ0) is 39.8. The van der Waals surface area contributed by atoms with Crippen molar-refractivity contribution in [1.29, 1.82) is 0 Å². The zero-order valence-electron chi connectivity index (χ0n) is 33.3. The summed E-state index contributed by atoms with van der Waals surface area (Å²) in [4.78, 5) is 52.0. The smallest absolute Gasteiger partial charge is 0.338 e. The molecular formula is C43H65N7O5. The van der Waals surface area contributed by atoms with Crippen LogP contribution >= 0.6 is 0 Å². The van der Waals surface area contributed by atoms with E-state index in [1.165, 1.54) is 0 Å². The Kier molecular flexibility index (Phi) is 16.0. The minimum Gasteiger partial charge on any atom is -0.462 e. The van der Waals surface area contributed by atoms with E-state index in [0.717, 1.165) is 51.4 Å². The standard InChI is InChI=1S/C43H57N7O5.4H2/c1-8-12-14-29(10-3)28-54-38(52)31-18-24-34(25-19-31)45-41-47-40(44-33-22-16-30(17-23-33)37(51)50-43(5,6)7)48-42(49-41)46-35-26-20-32(21-27-35)39(53)55-36(11-4)15-13-9-2;;;;/h16-27,29,36H,8-15,28H2,1-7H3,(H,50,51)(H3,44,45,46,47,48,49);4*1H. The van der Waals surface area contributed by atoms with Crippen LogP contribution in [0.3, 0.4) is 0 Å². The minimum absolute atomic E-state index is 0. The summed E-state index contributed by atoms with van der Waals surface area (Å²) in [5.74, 6) is 0.169. The van der Waals surface area contributed by atoms with Crippen molar-refractivity contribution in [1.82, 2.24) is 20.3 Å². The maximum absolute atomic E-state index is 12.8. The Hall–Kier alpha value is -5.52. The summed E-state index contributed by atoms with van der Waals surface area (Å²) < 4.78 is 11.4. The van der Waals surface area contributed by atoms with Gasteiger partial charge in [-0.25, -0.2) is 9.59 Å². The van der Waals surface area contributed by atoms with E-state index in [9.17, 15) is 14.4 Å². The highest BCUT2D eigenvalue weighted by Crippen LogP contribution is 2.23. The highest BCUT2D eigenvalue weighted by molar-refractivity contribution is 5.95. The number of carbonyl (C=O) groups excluding carboxylic acids is 3. The molecule has 4 aromatic rings. The third-order valence-corrected chi connectivity index (χ3v) is 8.88. The molecule has 1 aromatic heterocycles. The van der Waals surface area contributed by atoms with Gasteiger partial charge >= 0.3 is 11.9 Å². The van der Waals surface area contributed by atoms with Crippen LogP contribution in [0.5, 0.6) is 0 Å². The van der Waals surface area contributed by atoms with Gasteiger partial charge in [0.2, 0.25) is 17.8 Å². The summed E-state index contributed by atoms with van der Waals surface area (Å²) >= 11 is 0. The van der Waals surface area contributed by atoms with Crippen LogP contribution in [0, 0.1) is 5.92 Å². The molecule has 2 atom stereocenters. The number of carbonyl (C=O) groups is 3. The fourth-order valence-corrected chi connectivity index (χ4v) is 5.60. The molecule has 0 saturated heterocycles. The number of nitrogens with one attached hydrogen (secondary N) is 4. The first-order valence-electron chi connectivity index (χ1n) is 19.5. The number of hydrogen-bond acceptors (Lipinski definition) is 11. The van der Waals surface area contributed by atoms with Gasteiger partial charge in [0.1, 0.15) is 6.10 Å². The molecule has 0 aliphatic carbocycles. The van der Waals surface area contributed by atoms with Crippen LogP contribution in [0.25, 0.3) is 0 Å². The fourth-order valence-electron chi connectivity index (χ4n) is 5.60. The lowest BCUT2D eigenvalue weighted by molar-refractivity contribution is 0.0267. The number of nitrogens with zero attached hydrogens (tertiary/aromatic N) is 3. The molecule has 0 spiro atoms. The van der Waals surface area contributed by atoms with Crippen molar-refractivity contribution in [2.75, 3.05) is 22.6 Å². The van der Waals surface area contributed by atoms with Gasteiger partial charge in [-0.1, -0.05) is 59.8 Å². The molecular weight excluding hydrogens is 695 g/mol. The van der Waals surface area contributed by atoms with Gasteiger partial charge in [-0.15, -0.1) is 0 Å². The molecule has 2 unspecified atom stereocenters. The van der Waals surface area contributed by atoms with Crippen molar-refractivity contribution >= 4 is 52.8 Å². The first kappa shape index (κ1) is 42.2. The molecule has 55 heavy (non-hydrogen) atoms. The Balaban J connectivity index is 0.00000841. The lowest BCUT2D eigenvalue weighted by Crippen LogP contribution is -2.40. The van der Waals surface area contributed by atoms with Crippen LogP contribution < -0.4 is 21.3 Å². The first-order chi connectivity index (χ1) is 26.4. The normalized spacial score (nSPS) is 12.3. The van der Waals surface area contributed by atoms with Gasteiger partial charge in [0.25, 0.3) is 5.91 Å². The molecule has 1 amide bonds. The third kappa shape index (κ3) is 14.0. The largest absolute Gasteiger partial charge is 0.462 e. The average Bonchev–Trinajstić information content (AvgIpc) is 3.16. The van der Waals surface area contributed by atoms with Crippen molar-refractivity contribution in [2.24, 2.45) is 5.92 Å². The number of aromatic nitrogens is 3. The van der Waals surface area contributed by atoms with Crippen LogP contribution in [-0.4, -0.2) is 51.0 Å². The summed E-state index contributed by atoms with van der Waals surface area (Å²) in [5.41, 5.74) is 3.02. The summed E-state index contributed by atoms with van der Waals surface area (Å²) in [6.45, 7) is 14.6. The van der Waals surface area contributed by atoms with E-state index >= 15 is 0 Å². The highest BCUT2D eigenvalue weighted by atomic mass is 16.5. The van der Waals surface area contributed by atoms with Gasteiger partial charge < -0.3 is 30.7 Å². The summed E-state index contributed by atoms with van der Waals surface area (Å²) in [6, 6.07) is 20.9. The first-order valence-corrected chi connectivity index (χ1v) is 19.5. The van der Waals surface area contributed by atoms with Gasteiger partial charge in [0.05, 0.1) is 17.7 Å². The van der Waals surface area contributed by atoms with Crippen molar-refractivity contribution in [3.05, 3.63) is 89.5 Å². The lowest BCUT2D eigenvalue weighted by Gasteiger charge is -2.20. The van der Waals surface area contributed by atoms with Crippen molar-refractivity contribution in [3.63, 3.8) is 0 Å². The van der Waals surface area contributed by atoms with Gasteiger partial charge in [0, 0.05) is 33.9 Å². The van der Waals surface area contributed by atoms with E-state index in [4.69, 9.17) is 9.47 Å². The number of benzene rings is 3. The Labute approximate surface area is 331 Å². The van der Waals surface area contributed by atoms with Gasteiger partial charge in [-0.3, -0.25) is 4.79 Å². The maximum atomic E-state index is 12.8. The second kappa shape index (κ2) is 20.8. The molecule has 4 N–H and O–H groups in total. The molecule has 302 valence electrons. The Morgan fingerprint density at radius 3 is 1.47 bits per heavy atom. The molecule has 0 fully saturated rings. The molecule has 12 nitrogen and oxygen atoms in total. The van der Waals surface area contributed by atoms with Crippen LogP contribution in [0.4, 0.5) is 34.9 Å². The fraction of sp³-hybridized carbons (Fsp3) is 0.442. The Morgan fingerprint density at radius 1 is 0.618 bits per heavy atom. The molecule has 12 heteroatoms. The van der Waals surface area contributed by atoms with E-state index in [1.54, 1.807) is 72.8 Å². The van der Waals surface area contributed by atoms with Gasteiger partial charge in [-0.05, 0) is 119 Å². The van der Waals surface area contributed by atoms with E-state index in [1.807, 2.05) is 27.7 Å². The molecule has 0 bridgehead atoms. The SMILES string of the molecule is CCCCC(CC)COC(=O)c1ccc(Nc2nc(Nc3ccc(C(=O)NC(C)(C)C)cc3)nc(Nc3ccc(C(=O)OC(CC)CCCC)cc3)n2)cc1.[HH].[HH].[HH].[HH]. The number of anilines is 6. The second-order valence-electron chi connectivity index (χ2n) is 14.7. The molecule has 1 heterocycles.